The maximum atomic E-state index is 12.1. The highest BCUT2D eigenvalue weighted by atomic mass is 16.5. The number of rotatable bonds is 7. The molecule has 0 spiro atoms. The highest BCUT2D eigenvalue weighted by molar-refractivity contribution is 5.96. The van der Waals surface area contributed by atoms with Crippen molar-refractivity contribution < 1.29 is 14.3 Å². The SMILES string of the molecule is C#Cc1ccccc1C(=O)NCCCNC(=O)OCc1ccccc1. The van der Waals surface area contributed by atoms with Gasteiger partial charge in [-0.2, -0.15) is 0 Å². The minimum atomic E-state index is -0.479. The normalized spacial score (nSPS) is 9.72. The molecule has 2 aromatic carbocycles. The summed E-state index contributed by atoms with van der Waals surface area (Å²) in [4.78, 5) is 23.6. The molecule has 5 heteroatoms. The molecule has 0 radical (unpaired) electrons. The Bertz CT molecular complexity index is 751. The van der Waals surface area contributed by atoms with Crippen molar-refractivity contribution in [2.24, 2.45) is 0 Å². The fourth-order valence-electron chi connectivity index (χ4n) is 2.16. The van der Waals surface area contributed by atoms with Crippen molar-refractivity contribution in [3.63, 3.8) is 0 Å². The molecule has 0 saturated carbocycles. The molecule has 0 atom stereocenters. The van der Waals surface area contributed by atoms with Gasteiger partial charge in [-0.05, 0) is 24.1 Å². The van der Waals surface area contributed by atoms with Crippen molar-refractivity contribution >= 4 is 12.0 Å². The zero-order chi connectivity index (χ0) is 17.9. The van der Waals surface area contributed by atoms with Crippen LogP contribution in [-0.4, -0.2) is 25.1 Å². The van der Waals surface area contributed by atoms with E-state index in [1.807, 2.05) is 30.3 Å². The summed E-state index contributed by atoms with van der Waals surface area (Å²) in [5, 5.41) is 5.42. The predicted octanol–water partition coefficient (Wildman–Crippen LogP) is 2.71. The van der Waals surface area contributed by atoms with Crippen molar-refractivity contribution in [2.45, 2.75) is 13.0 Å². The average Bonchev–Trinajstić information content (AvgIpc) is 2.66. The number of benzene rings is 2. The number of amides is 2. The number of terminal acetylenes is 1. The summed E-state index contributed by atoms with van der Waals surface area (Å²) in [7, 11) is 0. The number of ether oxygens (including phenoxy) is 1. The molecule has 0 heterocycles. The lowest BCUT2D eigenvalue weighted by Gasteiger charge is -2.08. The van der Waals surface area contributed by atoms with Crippen LogP contribution in [0.1, 0.15) is 27.9 Å². The van der Waals surface area contributed by atoms with Gasteiger partial charge in [0.15, 0.2) is 0 Å². The Morgan fingerprint density at radius 1 is 0.960 bits per heavy atom. The second-order valence-corrected chi connectivity index (χ2v) is 5.29. The first-order chi connectivity index (χ1) is 12.2. The van der Waals surface area contributed by atoms with Crippen LogP contribution in [-0.2, 0) is 11.3 Å². The molecule has 0 unspecified atom stereocenters. The summed E-state index contributed by atoms with van der Waals surface area (Å²) in [6.07, 6.45) is 5.49. The van der Waals surface area contributed by atoms with Crippen LogP contribution in [0.5, 0.6) is 0 Å². The van der Waals surface area contributed by atoms with Gasteiger partial charge in [0, 0.05) is 18.7 Å². The molecule has 2 aromatic rings. The lowest BCUT2D eigenvalue weighted by atomic mass is 10.1. The summed E-state index contributed by atoms with van der Waals surface area (Å²) in [6.45, 7) is 1.06. The zero-order valence-corrected chi connectivity index (χ0v) is 13.8. The molecule has 0 aliphatic heterocycles. The first-order valence-corrected chi connectivity index (χ1v) is 7.99. The molecule has 0 saturated heterocycles. The van der Waals surface area contributed by atoms with E-state index in [4.69, 9.17) is 11.2 Å². The van der Waals surface area contributed by atoms with Gasteiger partial charge in [-0.1, -0.05) is 48.4 Å². The van der Waals surface area contributed by atoms with Gasteiger partial charge in [-0.15, -0.1) is 6.42 Å². The van der Waals surface area contributed by atoms with Crippen molar-refractivity contribution in [2.75, 3.05) is 13.1 Å². The van der Waals surface area contributed by atoms with E-state index in [1.165, 1.54) is 0 Å². The van der Waals surface area contributed by atoms with Crippen molar-refractivity contribution in [1.82, 2.24) is 10.6 Å². The topological polar surface area (TPSA) is 67.4 Å². The lowest BCUT2D eigenvalue weighted by Crippen LogP contribution is -2.30. The van der Waals surface area contributed by atoms with Crippen LogP contribution < -0.4 is 10.6 Å². The fourth-order valence-corrected chi connectivity index (χ4v) is 2.16. The van der Waals surface area contributed by atoms with Gasteiger partial charge in [0.1, 0.15) is 6.61 Å². The smallest absolute Gasteiger partial charge is 0.407 e. The largest absolute Gasteiger partial charge is 0.445 e. The molecule has 2 N–H and O–H groups in total. The molecule has 128 valence electrons. The quantitative estimate of drug-likeness (QED) is 0.603. The number of carbonyl (C=O) groups is 2. The Labute approximate surface area is 147 Å². The number of hydrogen-bond donors (Lipinski definition) is 2. The second kappa shape index (κ2) is 9.78. The molecule has 5 nitrogen and oxygen atoms in total. The van der Waals surface area contributed by atoms with Crippen LogP contribution in [0.2, 0.25) is 0 Å². The summed E-state index contributed by atoms with van der Waals surface area (Å²) in [5.41, 5.74) is 1.96. The summed E-state index contributed by atoms with van der Waals surface area (Å²) < 4.78 is 5.10. The van der Waals surface area contributed by atoms with Gasteiger partial charge in [0.25, 0.3) is 5.91 Å². The predicted molar refractivity (Wildman–Crippen MR) is 96.0 cm³/mol. The molecule has 0 bridgehead atoms. The highest BCUT2D eigenvalue weighted by Crippen LogP contribution is 2.06. The van der Waals surface area contributed by atoms with Crippen LogP contribution in [0.4, 0.5) is 4.79 Å². The maximum Gasteiger partial charge on any atom is 0.407 e. The van der Waals surface area contributed by atoms with Gasteiger partial charge in [-0.3, -0.25) is 4.79 Å². The first kappa shape index (κ1) is 18.1. The van der Waals surface area contributed by atoms with Crippen LogP contribution in [0, 0.1) is 12.3 Å². The summed E-state index contributed by atoms with van der Waals surface area (Å²) >= 11 is 0. The average molecular weight is 336 g/mol. The Morgan fingerprint density at radius 3 is 2.40 bits per heavy atom. The van der Waals surface area contributed by atoms with Crippen LogP contribution >= 0.6 is 0 Å². The fraction of sp³-hybridized carbons (Fsp3) is 0.200. The minimum Gasteiger partial charge on any atom is -0.445 e. The monoisotopic (exact) mass is 336 g/mol. The molecular weight excluding hydrogens is 316 g/mol. The van der Waals surface area contributed by atoms with Crippen molar-refractivity contribution in [3.8, 4) is 12.3 Å². The van der Waals surface area contributed by atoms with E-state index in [0.717, 1.165) is 5.56 Å². The molecule has 25 heavy (non-hydrogen) atoms. The number of hydrogen-bond acceptors (Lipinski definition) is 3. The molecule has 0 aliphatic carbocycles. The van der Waals surface area contributed by atoms with E-state index in [9.17, 15) is 9.59 Å². The maximum absolute atomic E-state index is 12.1. The highest BCUT2D eigenvalue weighted by Gasteiger charge is 2.08. The van der Waals surface area contributed by atoms with E-state index in [1.54, 1.807) is 24.3 Å². The third-order valence-corrected chi connectivity index (χ3v) is 3.45. The first-order valence-electron chi connectivity index (χ1n) is 7.99. The second-order valence-electron chi connectivity index (χ2n) is 5.29. The summed E-state index contributed by atoms with van der Waals surface area (Å²) in [5.74, 6) is 2.26. The van der Waals surface area contributed by atoms with Gasteiger partial charge >= 0.3 is 6.09 Å². The third-order valence-electron chi connectivity index (χ3n) is 3.45. The molecule has 0 aliphatic rings. The Hall–Kier alpha value is -3.26. The van der Waals surface area contributed by atoms with Crippen LogP contribution in [0.25, 0.3) is 0 Å². The lowest BCUT2D eigenvalue weighted by molar-refractivity contribution is 0.0953. The Morgan fingerprint density at radius 2 is 1.64 bits per heavy atom. The molecule has 2 rings (SSSR count). The molecular formula is C20H20N2O3. The molecule has 2 amide bonds. The van der Waals surface area contributed by atoms with E-state index >= 15 is 0 Å². The molecule has 0 aromatic heterocycles. The standard InChI is InChI=1S/C20H20N2O3/c1-2-17-11-6-7-12-18(17)19(23)21-13-8-14-22-20(24)25-15-16-9-4-3-5-10-16/h1,3-7,9-12H,8,13-15H2,(H,21,23)(H,22,24). The zero-order valence-electron chi connectivity index (χ0n) is 13.8. The van der Waals surface area contributed by atoms with Crippen molar-refractivity contribution in [1.29, 1.82) is 0 Å². The van der Waals surface area contributed by atoms with Crippen molar-refractivity contribution in [3.05, 3.63) is 71.3 Å². The van der Waals surface area contributed by atoms with Gasteiger partial charge in [0.2, 0.25) is 0 Å². The van der Waals surface area contributed by atoms with Crippen LogP contribution in [0.15, 0.2) is 54.6 Å². The van der Waals surface area contributed by atoms with E-state index in [-0.39, 0.29) is 12.5 Å². The van der Waals surface area contributed by atoms with E-state index in [2.05, 4.69) is 16.6 Å². The van der Waals surface area contributed by atoms with Gasteiger partial charge in [-0.25, -0.2) is 4.79 Å². The molecule has 0 fully saturated rings. The van der Waals surface area contributed by atoms with Gasteiger partial charge < -0.3 is 15.4 Å². The minimum absolute atomic E-state index is 0.222. The third kappa shape index (κ3) is 6.04. The Kier molecular flexibility index (Phi) is 7.08. The number of carbonyl (C=O) groups excluding carboxylic acids is 2. The number of alkyl carbamates (subject to hydrolysis) is 1. The van der Waals surface area contributed by atoms with E-state index in [0.29, 0.717) is 30.6 Å². The van der Waals surface area contributed by atoms with Crippen LogP contribution in [0.3, 0.4) is 0 Å². The van der Waals surface area contributed by atoms with E-state index < -0.39 is 6.09 Å². The Balaban J connectivity index is 1.62. The number of nitrogens with one attached hydrogen (secondary N) is 2. The summed E-state index contributed by atoms with van der Waals surface area (Å²) in [6, 6.07) is 16.4. The van der Waals surface area contributed by atoms with Gasteiger partial charge in [0.05, 0.1) is 5.56 Å².